The van der Waals surface area contributed by atoms with Crippen LogP contribution in [0.1, 0.15) is 17.3 Å². The normalized spacial score (nSPS) is 10.6. The molecule has 122 valence electrons. The molecule has 0 atom stereocenters. The number of carbonyl (C=O) groups excluding carboxylic acids is 1. The molecule has 0 unspecified atom stereocenters. The van der Waals surface area contributed by atoms with Gasteiger partial charge < -0.3 is 15.5 Å². The summed E-state index contributed by atoms with van der Waals surface area (Å²) in [4.78, 5) is 15.5. The number of para-hydroxylation sites is 1. The van der Waals surface area contributed by atoms with Gasteiger partial charge in [0.05, 0.1) is 17.9 Å². The van der Waals surface area contributed by atoms with Gasteiger partial charge in [-0.15, -0.1) is 0 Å². The van der Waals surface area contributed by atoms with Crippen LogP contribution in [-0.4, -0.2) is 17.6 Å². The molecule has 3 N–H and O–H groups in total. The van der Waals surface area contributed by atoms with Gasteiger partial charge in [-0.3, -0.25) is 0 Å². The first-order valence-corrected chi connectivity index (χ1v) is 7.61. The Morgan fingerprint density at radius 3 is 2.54 bits per heavy atom. The number of halogens is 1. The average molecular weight is 324 g/mol. The van der Waals surface area contributed by atoms with Gasteiger partial charge in [0.15, 0.2) is 0 Å². The molecule has 0 saturated carbocycles. The number of hydrogen-bond acceptors (Lipinski definition) is 3. The van der Waals surface area contributed by atoms with Crippen LogP contribution in [0.5, 0.6) is 0 Å². The number of rotatable bonds is 4. The number of ether oxygens (including phenoxy) is 1. The highest BCUT2D eigenvalue weighted by atomic mass is 19.1. The highest BCUT2D eigenvalue weighted by Gasteiger charge is 2.20. The van der Waals surface area contributed by atoms with Crippen LogP contribution in [0, 0.1) is 5.82 Å². The first-order valence-electron chi connectivity index (χ1n) is 7.61. The zero-order valence-corrected chi connectivity index (χ0v) is 13.2. The van der Waals surface area contributed by atoms with Gasteiger partial charge in [-0.2, -0.15) is 0 Å². The van der Waals surface area contributed by atoms with E-state index in [1.54, 1.807) is 31.2 Å². The van der Waals surface area contributed by atoms with E-state index in [0.29, 0.717) is 28.2 Å². The van der Waals surface area contributed by atoms with Crippen molar-refractivity contribution in [3.8, 4) is 22.5 Å². The van der Waals surface area contributed by atoms with E-state index in [1.165, 1.54) is 12.1 Å². The second-order valence-electron chi connectivity index (χ2n) is 5.29. The quantitative estimate of drug-likeness (QED) is 0.557. The number of hydrogen-bond donors (Lipinski definition) is 2. The summed E-state index contributed by atoms with van der Waals surface area (Å²) in [6.45, 7) is 2.03. The van der Waals surface area contributed by atoms with Crippen molar-refractivity contribution >= 4 is 11.7 Å². The number of nitrogens with two attached hydrogens (primary N) is 1. The Morgan fingerprint density at radius 1 is 1.17 bits per heavy atom. The van der Waals surface area contributed by atoms with E-state index >= 15 is 0 Å². The first-order chi connectivity index (χ1) is 11.6. The third-order valence-electron chi connectivity index (χ3n) is 3.70. The van der Waals surface area contributed by atoms with Crippen LogP contribution >= 0.6 is 0 Å². The van der Waals surface area contributed by atoms with Crippen molar-refractivity contribution in [3.63, 3.8) is 0 Å². The lowest BCUT2D eigenvalue weighted by atomic mass is 10.1. The van der Waals surface area contributed by atoms with Crippen molar-refractivity contribution in [2.24, 2.45) is 0 Å². The number of carbonyl (C=O) groups is 1. The van der Waals surface area contributed by atoms with Crippen LogP contribution in [-0.2, 0) is 4.74 Å². The highest BCUT2D eigenvalue weighted by molar-refractivity contribution is 5.99. The molecule has 0 bridgehead atoms. The summed E-state index contributed by atoms with van der Waals surface area (Å²) in [5.74, 6) is -0.746. The van der Waals surface area contributed by atoms with Gasteiger partial charge in [-0.25, -0.2) is 9.18 Å². The maximum atomic E-state index is 13.1. The number of H-pyrrole nitrogens is 1. The van der Waals surface area contributed by atoms with Gasteiger partial charge in [-0.05, 0) is 48.9 Å². The van der Waals surface area contributed by atoms with Crippen molar-refractivity contribution in [1.82, 2.24) is 4.98 Å². The Kier molecular flexibility index (Phi) is 4.33. The molecule has 0 aliphatic rings. The third kappa shape index (κ3) is 3.01. The summed E-state index contributed by atoms with van der Waals surface area (Å²) in [5, 5.41) is 0. The number of nitrogen functional groups attached to an aromatic ring is 1. The summed E-state index contributed by atoms with van der Waals surface area (Å²) in [6.07, 6.45) is 0. The van der Waals surface area contributed by atoms with E-state index in [0.717, 1.165) is 5.56 Å². The summed E-state index contributed by atoms with van der Waals surface area (Å²) < 4.78 is 18.3. The van der Waals surface area contributed by atoms with Gasteiger partial charge >= 0.3 is 5.97 Å². The molecule has 0 radical (unpaired) electrons. The molecule has 24 heavy (non-hydrogen) atoms. The summed E-state index contributed by atoms with van der Waals surface area (Å²) in [5.41, 5.74) is 9.75. The molecule has 0 aliphatic carbocycles. The number of aromatic nitrogens is 1. The standard InChI is InChI=1S/C19H17FN2O2/c1-2-24-19(23)15-11-17(12-7-9-13(20)10-8-12)22-18(15)14-5-3-4-6-16(14)21/h3-11,22H,2,21H2,1H3. The summed E-state index contributed by atoms with van der Waals surface area (Å²) >= 11 is 0. The first kappa shape index (κ1) is 15.8. The number of benzene rings is 2. The summed E-state index contributed by atoms with van der Waals surface area (Å²) in [6, 6.07) is 15.0. The van der Waals surface area contributed by atoms with Crippen LogP contribution in [0.25, 0.3) is 22.5 Å². The molecular formula is C19H17FN2O2. The Morgan fingerprint density at radius 2 is 1.88 bits per heavy atom. The predicted molar refractivity (Wildman–Crippen MR) is 92.0 cm³/mol. The fourth-order valence-corrected chi connectivity index (χ4v) is 2.55. The molecule has 4 nitrogen and oxygen atoms in total. The van der Waals surface area contributed by atoms with E-state index in [9.17, 15) is 9.18 Å². The minimum Gasteiger partial charge on any atom is -0.462 e. The molecule has 0 aliphatic heterocycles. The molecule has 0 saturated heterocycles. The van der Waals surface area contributed by atoms with E-state index in [-0.39, 0.29) is 12.4 Å². The van der Waals surface area contributed by atoms with E-state index < -0.39 is 5.97 Å². The Hall–Kier alpha value is -3.08. The smallest absolute Gasteiger partial charge is 0.340 e. The molecule has 0 amide bonds. The van der Waals surface area contributed by atoms with Gasteiger partial charge in [-0.1, -0.05) is 18.2 Å². The highest BCUT2D eigenvalue weighted by Crippen LogP contribution is 2.32. The van der Waals surface area contributed by atoms with Gasteiger partial charge in [0.25, 0.3) is 0 Å². The molecule has 3 aromatic rings. The van der Waals surface area contributed by atoms with Gasteiger partial charge in [0.2, 0.25) is 0 Å². The second kappa shape index (κ2) is 6.58. The minimum atomic E-state index is -0.430. The van der Waals surface area contributed by atoms with Gasteiger partial charge in [0, 0.05) is 16.9 Å². The number of anilines is 1. The summed E-state index contributed by atoms with van der Waals surface area (Å²) in [7, 11) is 0. The number of esters is 1. The Balaban J connectivity index is 2.14. The van der Waals surface area contributed by atoms with E-state index in [4.69, 9.17) is 10.5 Å². The fraction of sp³-hybridized carbons (Fsp3) is 0.105. The topological polar surface area (TPSA) is 68.1 Å². The van der Waals surface area contributed by atoms with Crippen LogP contribution < -0.4 is 5.73 Å². The van der Waals surface area contributed by atoms with Crippen molar-refractivity contribution < 1.29 is 13.9 Å². The molecule has 1 heterocycles. The van der Waals surface area contributed by atoms with E-state index in [2.05, 4.69) is 4.98 Å². The number of nitrogens with one attached hydrogen (secondary N) is 1. The maximum Gasteiger partial charge on any atom is 0.340 e. The van der Waals surface area contributed by atoms with E-state index in [1.807, 2.05) is 18.2 Å². The Labute approximate surface area is 139 Å². The maximum absolute atomic E-state index is 13.1. The Bertz CT molecular complexity index is 869. The monoisotopic (exact) mass is 324 g/mol. The van der Waals surface area contributed by atoms with Crippen molar-refractivity contribution in [2.75, 3.05) is 12.3 Å². The molecule has 1 aromatic heterocycles. The molecule has 2 aromatic carbocycles. The predicted octanol–water partition coefficient (Wildman–Crippen LogP) is 4.25. The van der Waals surface area contributed by atoms with Crippen LogP contribution in [0.4, 0.5) is 10.1 Å². The molecule has 3 rings (SSSR count). The fourth-order valence-electron chi connectivity index (χ4n) is 2.55. The zero-order chi connectivity index (χ0) is 17.1. The third-order valence-corrected chi connectivity index (χ3v) is 3.70. The lowest BCUT2D eigenvalue weighted by Gasteiger charge is -2.06. The second-order valence-corrected chi connectivity index (χ2v) is 5.29. The van der Waals surface area contributed by atoms with Crippen LogP contribution in [0.3, 0.4) is 0 Å². The minimum absolute atomic E-state index is 0.277. The van der Waals surface area contributed by atoms with Crippen molar-refractivity contribution in [2.45, 2.75) is 6.92 Å². The molecular weight excluding hydrogens is 307 g/mol. The lowest BCUT2D eigenvalue weighted by Crippen LogP contribution is -2.05. The largest absolute Gasteiger partial charge is 0.462 e. The zero-order valence-electron chi connectivity index (χ0n) is 13.2. The average Bonchev–Trinajstić information content (AvgIpc) is 3.01. The molecule has 0 spiro atoms. The lowest BCUT2D eigenvalue weighted by molar-refractivity contribution is 0.0527. The molecule has 5 heteroatoms. The van der Waals surface area contributed by atoms with Crippen LogP contribution in [0.15, 0.2) is 54.6 Å². The SMILES string of the molecule is CCOC(=O)c1cc(-c2ccc(F)cc2)[nH]c1-c1ccccc1N. The van der Waals surface area contributed by atoms with Gasteiger partial charge in [0.1, 0.15) is 5.82 Å². The number of aromatic amines is 1. The van der Waals surface area contributed by atoms with Crippen LogP contribution in [0.2, 0.25) is 0 Å². The molecule has 0 fully saturated rings. The van der Waals surface area contributed by atoms with Crippen molar-refractivity contribution in [1.29, 1.82) is 0 Å². The van der Waals surface area contributed by atoms with Crippen molar-refractivity contribution in [3.05, 3.63) is 66.0 Å².